The molecule has 0 spiro atoms. The zero-order valence-electron chi connectivity index (χ0n) is 30.2. The maximum atomic E-state index is 2.56. The lowest BCUT2D eigenvalue weighted by Gasteiger charge is -2.29. The van der Waals surface area contributed by atoms with Gasteiger partial charge in [0.25, 0.3) is 0 Å². The third-order valence-corrected chi connectivity index (χ3v) is 13.4. The van der Waals surface area contributed by atoms with Gasteiger partial charge >= 0.3 is 0 Å². The number of aromatic nitrogens is 1. The number of fused-ring (bicyclic) bond motifs is 12. The van der Waals surface area contributed by atoms with Gasteiger partial charge in [0.05, 0.1) is 21.4 Å². The van der Waals surface area contributed by atoms with E-state index in [4.69, 9.17) is 0 Å². The molecule has 1 aliphatic carbocycles. The lowest BCUT2D eigenvalue weighted by Crippen LogP contribution is -2.14. The van der Waals surface area contributed by atoms with Crippen molar-refractivity contribution in [2.75, 3.05) is 0 Å². The van der Waals surface area contributed by atoms with Crippen LogP contribution in [0.4, 0.5) is 0 Å². The minimum Gasteiger partial charge on any atom is -0.307 e. The molecule has 258 valence electrons. The fourth-order valence-electron chi connectivity index (χ4n) is 9.69. The largest absolute Gasteiger partial charge is 0.307 e. The Morgan fingerprint density at radius 1 is 0.509 bits per heavy atom. The molecule has 0 bridgehead atoms. The monoisotopic (exact) mass is 717 g/mol. The number of nitrogens with zero attached hydrogens (tertiary/aromatic N) is 1. The molecule has 1 unspecified atom stereocenters. The second-order valence-corrected chi connectivity index (χ2v) is 16.3. The molecular weight excluding hydrogens is 683 g/mol. The Labute approximate surface area is 323 Å². The third kappa shape index (κ3) is 4.71. The summed E-state index contributed by atoms with van der Waals surface area (Å²) in [5.74, 6) is 0.400. The number of para-hydroxylation sites is 1. The van der Waals surface area contributed by atoms with Gasteiger partial charge in [0, 0.05) is 31.6 Å². The van der Waals surface area contributed by atoms with Crippen LogP contribution in [0.5, 0.6) is 0 Å². The van der Waals surface area contributed by atoms with Crippen molar-refractivity contribution in [1.29, 1.82) is 0 Å². The van der Waals surface area contributed by atoms with Crippen molar-refractivity contribution in [2.45, 2.75) is 18.8 Å². The van der Waals surface area contributed by atoms with Crippen LogP contribution in [-0.2, 0) is 12.8 Å². The molecule has 0 saturated carbocycles. The fourth-order valence-corrected chi connectivity index (χ4v) is 10.9. The normalized spacial score (nSPS) is 14.0. The molecule has 12 rings (SSSR count). The summed E-state index contributed by atoms with van der Waals surface area (Å²) in [4.78, 5) is 0. The molecule has 0 radical (unpaired) electrons. The van der Waals surface area contributed by atoms with E-state index in [1.807, 2.05) is 11.3 Å². The highest BCUT2D eigenvalue weighted by atomic mass is 32.1. The van der Waals surface area contributed by atoms with E-state index in [0.29, 0.717) is 5.92 Å². The molecule has 1 atom stereocenters. The predicted octanol–water partition coefficient (Wildman–Crippen LogP) is 14.7. The number of hydrogen-bond donors (Lipinski definition) is 0. The lowest BCUT2D eigenvalue weighted by molar-refractivity contribution is 0.673. The molecule has 0 amide bonds. The highest BCUT2D eigenvalue weighted by Crippen LogP contribution is 2.49. The van der Waals surface area contributed by atoms with Crippen LogP contribution in [0.15, 0.2) is 182 Å². The Morgan fingerprint density at radius 3 is 2.18 bits per heavy atom. The van der Waals surface area contributed by atoms with E-state index < -0.39 is 0 Å². The van der Waals surface area contributed by atoms with Gasteiger partial charge in [-0.2, -0.15) is 0 Å². The maximum Gasteiger partial charge on any atom is 0.0726 e. The van der Waals surface area contributed by atoms with Crippen LogP contribution in [0.2, 0.25) is 0 Å². The highest BCUT2D eigenvalue weighted by molar-refractivity contribution is 7.26. The molecular formula is C53H35NS. The Balaban J connectivity index is 1.13. The van der Waals surface area contributed by atoms with Crippen molar-refractivity contribution >= 4 is 74.9 Å². The molecule has 2 heteroatoms. The van der Waals surface area contributed by atoms with E-state index in [1.54, 1.807) is 0 Å². The molecule has 1 nitrogen and oxygen atoms in total. The second-order valence-electron chi connectivity index (χ2n) is 15.2. The molecule has 0 fully saturated rings. The Morgan fingerprint density at radius 2 is 1.25 bits per heavy atom. The SMILES string of the molecule is c1ccc2c(c1)CC(Cc1ccc3ccccc3c1)c1ccc(-c3cc4c5ccccc5sc4c4c3c3ccccc3n4-c3cccc4ccccc34)cc1-2. The van der Waals surface area contributed by atoms with Gasteiger partial charge in [-0.05, 0) is 104 Å². The Bertz CT molecular complexity index is 3340. The van der Waals surface area contributed by atoms with Gasteiger partial charge in [-0.15, -0.1) is 11.3 Å². The van der Waals surface area contributed by atoms with Gasteiger partial charge in [0.1, 0.15) is 0 Å². The number of benzene rings is 9. The van der Waals surface area contributed by atoms with E-state index in [-0.39, 0.29) is 0 Å². The molecule has 11 aromatic rings. The van der Waals surface area contributed by atoms with E-state index >= 15 is 0 Å². The molecule has 1 aliphatic rings. The lowest BCUT2D eigenvalue weighted by atomic mass is 9.75. The summed E-state index contributed by atoms with van der Waals surface area (Å²) in [5, 5.41) is 10.4. The van der Waals surface area contributed by atoms with Gasteiger partial charge in [-0.1, -0.05) is 152 Å². The first-order valence-electron chi connectivity index (χ1n) is 19.3. The molecule has 2 aromatic heterocycles. The summed E-state index contributed by atoms with van der Waals surface area (Å²) in [7, 11) is 0. The van der Waals surface area contributed by atoms with Gasteiger partial charge in [0.2, 0.25) is 0 Å². The van der Waals surface area contributed by atoms with Crippen molar-refractivity contribution < 1.29 is 0 Å². The van der Waals surface area contributed by atoms with Crippen molar-refractivity contribution in [3.63, 3.8) is 0 Å². The third-order valence-electron chi connectivity index (χ3n) is 12.2. The first-order chi connectivity index (χ1) is 27.3. The second kappa shape index (κ2) is 12.0. The predicted molar refractivity (Wildman–Crippen MR) is 236 cm³/mol. The zero-order valence-corrected chi connectivity index (χ0v) is 31.0. The summed E-state index contributed by atoms with van der Waals surface area (Å²) in [6.07, 6.45) is 2.06. The number of hydrogen-bond acceptors (Lipinski definition) is 1. The summed E-state index contributed by atoms with van der Waals surface area (Å²) >= 11 is 1.92. The van der Waals surface area contributed by atoms with Crippen LogP contribution < -0.4 is 0 Å². The van der Waals surface area contributed by atoms with Crippen LogP contribution in [0.3, 0.4) is 0 Å². The summed E-state index contributed by atoms with van der Waals surface area (Å²) in [6.45, 7) is 0. The van der Waals surface area contributed by atoms with Crippen molar-refractivity contribution in [2.24, 2.45) is 0 Å². The van der Waals surface area contributed by atoms with E-state index in [2.05, 4.69) is 187 Å². The van der Waals surface area contributed by atoms with E-state index in [0.717, 1.165) is 12.8 Å². The van der Waals surface area contributed by atoms with Gasteiger partial charge in [-0.25, -0.2) is 0 Å². The zero-order chi connectivity index (χ0) is 36.0. The van der Waals surface area contributed by atoms with E-state index in [1.165, 1.54) is 108 Å². The van der Waals surface area contributed by atoms with Crippen LogP contribution in [0, 0.1) is 0 Å². The smallest absolute Gasteiger partial charge is 0.0726 e. The van der Waals surface area contributed by atoms with Crippen LogP contribution in [-0.4, -0.2) is 4.57 Å². The summed E-state index contributed by atoms with van der Waals surface area (Å²) in [5.41, 5.74) is 13.3. The fraction of sp³-hybridized carbons (Fsp3) is 0.0566. The molecule has 0 N–H and O–H groups in total. The van der Waals surface area contributed by atoms with Crippen molar-refractivity contribution in [1.82, 2.24) is 4.57 Å². The summed E-state index contributed by atoms with van der Waals surface area (Å²) < 4.78 is 5.21. The van der Waals surface area contributed by atoms with Gasteiger partial charge in [-0.3, -0.25) is 0 Å². The Hall–Kier alpha value is -6.48. The topological polar surface area (TPSA) is 4.93 Å². The average Bonchev–Trinajstić information content (AvgIpc) is 3.79. The quantitative estimate of drug-likeness (QED) is 0.171. The van der Waals surface area contributed by atoms with Crippen molar-refractivity contribution in [3.05, 3.63) is 199 Å². The molecule has 0 aliphatic heterocycles. The molecule has 9 aromatic carbocycles. The Kier molecular flexibility index (Phi) is 6.76. The van der Waals surface area contributed by atoms with Crippen LogP contribution in [0.25, 0.3) is 91.5 Å². The summed E-state index contributed by atoms with van der Waals surface area (Å²) in [6, 6.07) is 68.2. The van der Waals surface area contributed by atoms with Crippen molar-refractivity contribution in [3.8, 4) is 27.9 Å². The average molecular weight is 718 g/mol. The standard InChI is InChI=1S/C53H35NS/c1-2-14-36-28-33(24-25-34(36)12-1)29-39-30-37-15-4-5-17-40(37)46-31-38(26-27-41(39)46)45-32-47-43-19-8-10-23-50(43)55-53(47)52-51(45)44-20-7-9-21-49(44)54(52)48-22-11-16-35-13-3-6-18-42(35)48/h1-28,31-32,39H,29-30H2. The van der Waals surface area contributed by atoms with Crippen LogP contribution >= 0.6 is 11.3 Å². The maximum absolute atomic E-state index is 2.56. The van der Waals surface area contributed by atoms with Gasteiger partial charge < -0.3 is 4.57 Å². The van der Waals surface area contributed by atoms with Crippen LogP contribution in [0.1, 0.15) is 22.6 Å². The minimum absolute atomic E-state index is 0.400. The minimum atomic E-state index is 0.400. The van der Waals surface area contributed by atoms with E-state index in [9.17, 15) is 0 Å². The number of thiophene rings is 1. The number of rotatable bonds is 4. The molecule has 55 heavy (non-hydrogen) atoms. The van der Waals surface area contributed by atoms with Gasteiger partial charge in [0.15, 0.2) is 0 Å². The molecule has 2 heterocycles. The molecule has 0 saturated heterocycles. The first-order valence-corrected chi connectivity index (χ1v) is 20.1. The highest BCUT2D eigenvalue weighted by Gasteiger charge is 2.27. The first kappa shape index (κ1) is 30.9.